The lowest BCUT2D eigenvalue weighted by atomic mass is 10.2. The molecule has 0 amide bonds. The predicted octanol–water partition coefficient (Wildman–Crippen LogP) is 1.15. The Morgan fingerprint density at radius 1 is 1.41 bits per heavy atom. The molecular weight excluding hydrogens is 220 g/mol. The molecule has 0 aliphatic rings. The Hall–Kier alpha value is -2.08. The summed E-state index contributed by atoms with van der Waals surface area (Å²) in [6.45, 7) is 0.831. The lowest BCUT2D eigenvalue weighted by Gasteiger charge is -2.04. The third-order valence-electron chi connectivity index (χ3n) is 2.22. The predicted molar refractivity (Wildman–Crippen MR) is 62.5 cm³/mol. The van der Waals surface area contributed by atoms with Crippen molar-refractivity contribution in [2.45, 2.75) is 13.1 Å². The van der Waals surface area contributed by atoms with Gasteiger partial charge < -0.3 is 20.2 Å². The van der Waals surface area contributed by atoms with E-state index in [0.29, 0.717) is 18.5 Å². The summed E-state index contributed by atoms with van der Waals surface area (Å²) in [5, 5.41) is 10.6. The van der Waals surface area contributed by atoms with Crippen LogP contribution >= 0.6 is 0 Å². The number of nitrogens with zero attached hydrogens (tertiary/aromatic N) is 2. The van der Waals surface area contributed by atoms with Crippen molar-refractivity contribution >= 4 is 6.01 Å². The van der Waals surface area contributed by atoms with Crippen molar-refractivity contribution in [1.29, 1.82) is 0 Å². The number of anilines is 1. The van der Waals surface area contributed by atoms with Gasteiger partial charge in [-0.25, -0.2) is 0 Å². The van der Waals surface area contributed by atoms with Crippen LogP contribution in [0.25, 0.3) is 0 Å². The number of ether oxygens (including phenoxy) is 1. The smallest absolute Gasteiger partial charge is 0.315 e. The highest BCUT2D eigenvalue weighted by Gasteiger charge is 2.03. The van der Waals surface area contributed by atoms with Gasteiger partial charge in [-0.05, 0) is 17.7 Å². The lowest BCUT2D eigenvalue weighted by molar-refractivity contribution is 0.414. The van der Waals surface area contributed by atoms with Crippen LogP contribution < -0.4 is 15.8 Å². The molecule has 3 N–H and O–H groups in total. The minimum atomic E-state index is 0.244. The van der Waals surface area contributed by atoms with E-state index in [1.54, 1.807) is 7.11 Å². The molecule has 1 aromatic carbocycles. The second kappa shape index (κ2) is 5.31. The molecule has 0 aliphatic heterocycles. The zero-order valence-electron chi connectivity index (χ0n) is 9.51. The lowest BCUT2D eigenvalue weighted by Crippen LogP contribution is -1.99. The summed E-state index contributed by atoms with van der Waals surface area (Å²) in [7, 11) is 1.64. The fourth-order valence-electron chi connectivity index (χ4n) is 1.37. The van der Waals surface area contributed by atoms with Gasteiger partial charge in [-0.1, -0.05) is 17.2 Å². The highest BCUT2D eigenvalue weighted by Crippen LogP contribution is 2.14. The summed E-state index contributed by atoms with van der Waals surface area (Å²) in [5.41, 5.74) is 6.43. The summed E-state index contributed by atoms with van der Waals surface area (Å²) >= 11 is 0. The number of nitrogens with one attached hydrogen (secondary N) is 1. The monoisotopic (exact) mass is 234 g/mol. The van der Waals surface area contributed by atoms with Crippen molar-refractivity contribution in [3.8, 4) is 5.75 Å². The van der Waals surface area contributed by atoms with E-state index >= 15 is 0 Å². The van der Waals surface area contributed by atoms with Crippen LogP contribution in [0.5, 0.6) is 5.75 Å². The third kappa shape index (κ3) is 2.94. The number of aromatic nitrogens is 2. The van der Waals surface area contributed by atoms with Gasteiger partial charge in [-0.15, -0.1) is 5.10 Å². The van der Waals surface area contributed by atoms with Crippen LogP contribution in [0.2, 0.25) is 0 Å². The number of hydrogen-bond acceptors (Lipinski definition) is 6. The number of hydrogen-bond donors (Lipinski definition) is 2. The third-order valence-corrected chi connectivity index (χ3v) is 2.22. The molecule has 0 saturated carbocycles. The zero-order valence-corrected chi connectivity index (χ0v) is 9.51. The van der Waals surface area contributed by atoms with E-state index in [1.165, 1.54) is 0 Å². The normalized spacial score (nSPS) is 10.2. The summed E-state index contributed by atoms with van der Waals surface area (Å²) in [6.07, 6.45) is 0. The minimum Gasteiger partial charge on any atom is -0.497 e. The number of nitrogens with two attached hydrogens (primary N) is 1. The largest absolute Gasteiger partial charge is 0.497 e. The molecular formula is C11H14N4O2. The Kier molecular flexibility index (Phi) is 3.56. The Balaban J connectivity index is 1.96. The maximum absolute atomic E-state index is 5.37. The zero-order chi connectivity index (χ0) is 12.1. The molecule has 6 heteroatoms. The first kappa shape index (κ1) is 11.4. The SMILES string of the molecule is COc1cccc(CNc2nnc(CN)o2)c1. The van der Waals surface area contributed by atoms with Crippen molar-refractivity contribution in [3.63, 3.8) is 0 Å². The van der Waals surface area contributed by atoms with Crippen molar-refractivity contribution in [2.75, 3.05) is 12.4 Å². The van der Waals surface area contributed by atoms with E-state index in [1.807, 2.05) is 24.3 Å². The van der Waals surface area contributed by atoms with Crippen LogP contribution in [0, 0.1) is 0 Å². The van der Waals surface area contributed by atoms with Crippen molar-refractivity contribution in [1.82, 2.24) is 10.2 Å². The van der Waals surface area contributed by atoms with Crippen LogP contribution in [-0.2, 0) is 13.1 Å². The first-order chi connectivity index (χ1) is 8.31. The Labute approximate surface area is 98.8 Å². The fraction of sp³-hybridized carbons (Fsp3) is 0.273. The van der Waals surface area contributed by atoms with E-state index in [-0.39, 0.29) is 6.54 Å². The highest BCUT2D eigenvalue weighted by molar-refractivity contribution is 5.31. The summed E-state index contributed by atoms with van der Waals surface area (Å²) < 4.78 is 10.4. The second-order valence-corrected chi connectivity index (χ2v) is 3.41. The number of benzene rings is 1. The van der Waals surface area contributed by atoms with E-state index in [2.05, 4.69) is 15.5 Å². The molecule has 0 spiro atoms. The molecule has 2 aromatic rings. The topological polar surface area (TPSA) is 86.2 Å². The van der Waals surface area contributed by atoms with Gasteiger partial charge >= 0.3 is 6.01 Å². The van der Waals surface area contributed by atoms with Gasteiger partial charge in [0.2, 0.25) is 5.89 Å². The maximum atomic E-state index is 5.37. The number of methoxy groups -OCH3 is 1. The Morgan fingerprint density at radius 2 is 2.29 bits per heavy atom. The Bertz CT molecular complexity index is 484. The number of rotatable bonds is 5. The van der Waals surface area contributed by atoms with Crippen LogP contribution in [0.1, 0.15) is 11.5 Å². The first-order valence-electron chi connectivity index (χ1n) is 5.21. The van der Waals surface area contributed by atoms with Gasteiger partial charge in [0.1, 0.15) is 5.75 Å². The van der Waals surface area contributed by atoms with Gasteiger partial charge in [-0.3, -0.25) is 0 Å². The summed E-state index contributed by atoms with van der Waals surface area (Å²) in [5.74, 6) is 1.23. The molecule has 0 unspecified atom stereocenters. The molecule has 1 aromatic heterocycles. The Morgan fingerprint density at radius 3 is 3.00 bits per heavy atom. The average Bonchev–Trinajstić information content (AvgIpc) is 2.84. The molecule has 0 saturated heterocycles. The highest BCUT2D eigenvalue weighted by atomic mass is 16.5. The quantitative estimate of drug-likeness (QED) is 0.807. The first-order valence-corrected chi connectivity index (χ1v) is 5.21. The van der Waals surface area contributed by atoms with Crippen LogP contribution in [0.4, 0.5) is 6.01 Å². The van der Waals surface area contributed by atoms with Crippen LogP contribution in [0.3, 0.4) is 0 Å². The molecule has 17 heavy (non-hydrogen) atoms. The van der Waals surface area contributed by atoms with Gasteiger partial charge in [0.15, 0.2) is 0 Å². The standard InChI is InChI=1S/C11H14N4O2/c1-16-9-4-2-3-8(5-9)7-13-11-15-14-10(6-12)17-11/h2-5H,6-7,12H2,1H3,(H,13,15). The molecule has 90 valence electrons. The van der Waals surface area contributed by atoms with Gasteiger partial charge in [0.05, 0.1) is 13.7 Å². The molecule has 6 nitrogen and oxygen atoms in total. The van der Waals surface area contributed by atoms with E-state index in [0.717, 1.165) is 11.3 Å². The molecule has 0 atom stereocenters. The van der Waals surface area contributed by atoms with Crippen molar-refractivity contribution in [2.24, 2.45) is 5.73 Å². The van der Waals surface area contributed by atoms with Crippen LogP contribution in [-0.4, -0.2) is 17.3 Å². The summed E-state index contributed by atoms with van der Waals surface area (Å²) in [6, 6.07) is 8.11. The molecule has 0 fully saturated rings. The van der Waals surface area contributed by atoms with Gasteiger partial charge in [-0.2, -0.15) is 0 Å². The average molecular weight is 234 g/mol. The molecule has 0 aliphatic carbocycles. The van der Waals surface area contributed by atoms with Gasteiger partial charge in [0.25, 0.3) is 0 Å². The van der Waals surface area contributed by atoms with E-state index in [9.17, 15) is 0 Å². The van der Waals surface area contributed by atoms with Crippen molar-refractivity contribution in [3.05, 3.63) is 35.7 Å². The fourth-order valence-corrected chi connectivity index (χ4v) is 1.37. The second-order valence-electron chi connectivity index (χ2n) is 3.41. The molecule has 1 heterocycles. The van der Waals surface area contributed by atoms with E-state index in [4.69, 9.17) is 14.9 Å². The molecule has 2 rings (SSSR count). The van der Waals surface area contributed by atoms with Crippen molar-refractivity contribution < 1.29 is 9.15 Å². The van der Waals surface area contributed by atoms with Gasteiger partial charge in [0, 0.05) is 6.54 Å². The van der Waals surface area contributed by atoms with E-state index < -0.39 is 0 Å². The summed E-state index contributed by atoms with van der Waals surface area (Å²) in [4.78, 5) is 0. The minimum absolute atomic E-state index is 0.244. The van der Waals surface area contributed by atoms with Crippen LogP contribution in [0.15, 0.2) is 28.7 Å². The molecule has 0 radical (unpaired) electrons. The molecule has 0 bridgehead atoms. The maximum Gasteiger partial charge on any atom is 0.315 e.